The third kappa shape index (κ3) is 4.20. The van der Waals surface area contributed by atoms with E-state index >= 15 is 0 Å². The molecule has 0 spiro atoms. The van der Waals surface area contributed by atoms with Crippen LogP contribution in [0.4, 0.5) is 5.69 Å². The minimum Gasteiger partial charge on any atom is -0.322 e. The second kappa shape index (κ2) is 7.92. The number of aromatic nitrogens is 2. The number of halogens is 1. The number of rotatable bonds is 4. The number of pyridine rings is 1. The lowest BCUT2D eigenvalue weighted by molar-refractivity contribution is -0.123. The number of nitrogens with zero attached hydrogens (tertiary/aromatic N) is 2. The van der Waals surface area contributed by atoms with Crippen molar-refractivity contribution >= 4 is 39.2 Å². The number of carbonyl (C=O) groups excluding carboxylic acids is 1. The molecular formula is C23H26BrN3O. The molecule has 1 N–H and O–H groups in total. The van der Waals surface area contributed by atoms with Crippen LogP contribution in [0.2, 0.25) is 0 Å². The van der Waals surface area contributed by atoms with Gasteiger partial charge in [-0.25, -0.2) is 4.98 Å². The highest BCUT2D eigenvalue weighted by Gasteiger charge is 2.25. The topological polar surface area (TPSA) is 46.4 Å². The lowest BCUT2D eigenvalue weighted by Gasteiger charge is -2.20. The molecule has 4 nitrogen and oxygen atoms in total. The van der Waals surface area contributed by atoms with E-state index in [1.165, 1.54) is 0 Å². The van der Waals surface area contributed by atoms with E-state index in [4.69, 9.17) is 4.98 Å². The van der Waals surface area contributed by atoms with Gasteiger partial charge < -0.3 is 9.72 Å². The van der Waals surface area contributed by atoms with Crippen LogP contribution < -0.4 is 5.32 Å². The summed E-state index contributed by atoms with van der Waals surface area (Å²) >= 11 is 3.70. The Hall–Kier alpha value is -2.40. The van der Waals surface area contributed by atoms with Gasteiger partial charge in [-0.1, -0.05) is 63.3 Å². The molecule has 28 heavy (non-hydrogen) atoms. The Kier molecular flexibility index (Phi) is 5.75. The van der Waals surface area contributed by atoms with E-state index in [0.29, 0.717) is 6.42 Å². The fourth-order valence-electron chi connectivity index (χ4n) is 2.92. The van der Waals surface area contributed by atoms with Crippen LogP contribution in [0.1, 0.15) is 43.3 Å². The van der Waals surface area contributed by atoms with Crippen LogP contribution in [0.25, 0.3) is 11.7 Å². The number of nitrogens with one attached hydrogen (secondary N) is 1. The number of anilines is 1. The number of benzene rings is 1. The number of carbonyl (C=O) groups is 1. The van der Waals surface area contributed by atoms with Gasteiger partial charge in [0.15, 0.2) is 5.65 Å². The highest BCUT2D eigenvalue weighted by Crippen LogP contribution is 2.32. The van der Waals surface area contributed by atoms with Crippen LogP contribution in [0.15, 0.2) is 47.1 Å². The molecule has 1 amide bonds. The zero-order valence-electron chi connectivity index (χ0n) is 17.0. The molecule has 2 heterocycles. The van der Waals surface area contributed by atoms with Crippen LogP contribution >= 0.6 is 15.9 Å². The minimum atomic E-state index is -0.493. The predicted octanol–water partition coefficient (Wildman–Crippen LogP) is 5.95. The number of fused-ring (bicyclic) bond motifs is 1. The minimum absolute atomic E-state index is 0.0286. The largest absolute Gasteiger partial charge is 0.322 e. The Morgan fingerprint density at radius 3 is 2.54 bits per heavy atom. The second-order valence-corrected chi connectivity index (χ2v) is 8.88. The maximum absolute atomic E-state index is 12.7. The van der Waals surface area contributed by atoms with Gasteiger partial charge in [0.1, 0.15) is 0 Å². The van der Waals surface area contributed by atoms with Crippen molar-refractivity contribution in [2.75, 3.05) is 5.32 Å². The molecule has 0 atom stereocenters. The number of allylic oxidation sites excluding steroid dienone is 1. The third-order valence-corrected chi connectivity index (χ3v) is 5.48. The molecule has 0 aliphatic carbocycles. The van der Waals surface area contributed by atoms with Crippen LogP contribution in [0.5, 0.6) is 0 Å². The average molecular weight is 440 g/mol. The van der Waals surface area contributed by atoms with Crippen molar-refractivity contribution in [3.63, 3.8) is 0 Å². The average Bonchev–Trinajstić information content (AvgIpc) is 2.92. The van der Waals surface area contributed by atoms with Gasteiger partial charge in [-0.2, -0.15) is 0 Å². The summed E-state index contributed by atoms with van der Waals surface area (Å²) in [5, 5.41) is 3.14. The Balaban J connectivity index is 2.07. The van der Waals surface area contributed by atoms with E-state index in [-0.39, 0.29) is 5.91 Å². The van der Waals surface area contributed by atoms with E-state index in [2.05, 4.69) is 45.5 Å². The summed E-state index contributed by atoms with van der Waals surface area (Å²) in [6, 6.07) is 10.2. The van der Waals surface area contributed by atoms with Gasteiger partial charge in [0.05, 0.1) is 11.4 Å². The Morgan fingerprint density at radius 1 is 1.21 bits per heavy atom. The van der Waals surface area contributed by atoms with Gasteiger partial charge in [-0.05, 0) is 47.3 Å². The van der Waals surface area contributed by atoms with Crippen molar-refractivity contribution in [2.45, 2.75) is 41.0 Å². The predicted molar refractivity (Wildman–Crippen MR) is 120 cm³/mol. The van der Waals surface area contributed by atoms with Crippen molar-refractivity contribution in [3.05, 3.63) is 69.6 Å². The number of aryl methyl sites for hydroxylation is 2. The molecule has 2 aromatic heterocycles. The SMILES string of the molecule is Cc1nc2c(NC(=O)C(C)(C)C)c(CC=Cc3ccccc3)c(Br)cn2c1C. The molecule has 146 valence electrons. The Morgan fingerprint density at radius 2 is 1.89 bits per heavy atom. The first-order chi connectivity index (χ1) is 13.2. The smallest absolute Gasteiger partial charge is 0.229 e. The first-order valence-electron chi connectivity index (χ1n) is 9.38. The molecule has 0 bridgehead atoms. The van der Waals surface area contributed by atoms with Crippen molar-refractivity contribution in [2.24, 2.45) is 5.41 Å². The fourth-order valence-corrected chi connectivity index (χ4v) is 3.48. The zero-order valence-corrected chi connectivity index (χ0v) is 18.6. The van der Waals surface area contributed by atoms with Gasteiger partial charge >= 0.3 is 0 Å². The van der Waals surface area contributed by atoms with E-state index < -0.39 is 5.41 Å². The standard InChI is InChI=1S/C23H26BrN3O/c1-15-16(2)27-14-19(24)18(13-9-12-17-10-7-6-8-11-17)20(21(27)25-15)26-22(28)23(3,4)5/h6-12,14H,13H2,1-5H3,(H,26,28). The molecule has 1 aromatic carbocycles. The highest BCUT2D eigenvalue weighted by molar-refractivity contribution is 9.10. The molecule has 3 aromatic rings. The van der Waals surface area contributed by atoms with Crippen molar-refractivity contribution < 1.29 is 4.79 Å². The molecular weight excluding hydrogens is 414 g/mol. The molecule has 5 heteroatoms. The van der Waals surface area contributed by atoms with Gasteiger partial charge in [0.25, 0.3) is 0 Å². The summed E-state index contributed by atoms with van der Waals surface area (Å²) in [4.78, 5) is 17.5. The summed E-state index contributed by atoms with van der Waals surface area (Å²) in [6.07, 6.45) is 6.91. The van der Waals surface area contributed by atoms with Crippen molar-refractivity contribution in [1.82, 2.24) is 9.38 Å². The third-order valence-electron chi connectivity index (χ3n) is 4.79. The monoisotopic (exact) mass is 439 g/mol. The van der Waals surface area contributed by atoms with E-state index in [1.54, 1.807) is 0 Å². The van der Waals surface area contributed by atoms with Crippen LogP contribution in [-0.2, 0) is 11.2 Å². The molecule has 0 unspecified atom stereocenters. The maximum Gasteiger partial charge on any atom is 0.229 e. The molecule has 0 saturated carbocycles. The van der Waals surface area contributed by atoms with E-state index in [9.17, 15) is 4.79 Å². The van der Waals surface area contributed by atoms with E-state index in [1.807, 2.05) is 63.4 Å². The van der Waals surface area contributed by atoms with Crippen LogP contribution in [0.3, 0.4) is 0 Å². The summed E-state index contributed by atoms with van der Waals surface area (Å²) in [5.74, 6) is -0.0286. The van der Waals surface area contributed by atoms with Gasteiger partial charge in [0.2, 0.25) is 5.91 Å². The summed E-state index contributed by atoms with van der Waals surface area (Å²) < 4.78 is 2.98. The van der Waals surface area contributed by atoms with E-state index in [0.717, 1.165) is 38.3 Å². The molecule has 0 radical (unpaired) electrons. The van der Waals surface area contributed by atoms with Crippen molar-refractivity contribution in [1.29, 1.82) is 0 Å². The first kappa shape index (κ1) is 20.3. The quantitative estimate of drug-likeness (QED) is 0.545. The normalized spacial score (nSPS) is 12.1. The van der Waals surface area contributed by atoms with Crippen LogP contribution in [0, 0.1) is 19.3 Å². The van der Waals surface area contributed by atoms with Gasteiger partial charge in [-0.15, -0.1) is 0 Å². The van der Waals surface area contributed by atoms with Gasteiger partial charge in [0, 0.05) is 21.8 Å². The summed E-state index contributed by atoms with van der Waals surface area (Å²) in [5.41, 5.74) is 5.23. The molecule has 3 rings (SSSR count). The number of imidazole rings is 1. The second-order valence-electron chi connectivity index (χ2n) is 8.03. The molecule has 0 fully saturated rings. The summed E-state index contributed by atoms with van der Waals surface area (Å²) in [7, 11) is 0. The lowest BCUT2D eigenvalue weighted by Crippen LogP contribution is -2.28. The molecule has 0 saturated heterocycles. The highest BCUT2D eigenvalue weighted by atomic mass is 79.9. The van der Waals surface area contributed by atoms with Crippen molar-refractivity contribution in [3.8, 4) is 0 Å². The summed E-state index contributed by atoms with van der Waals surface area (Å²) in [6.45, 7) is 9.75. The Bertz CT molecular complexity index is 1040. The van der Waals surface area contributed by atoms with Gasteiger partial charge in [-0.3, -0.25) is 4.79 Å². The maximum atomic E-state index is 12.7. The number of hydrogen-bond donors (Lipinski definition) is 1. The molecule has 0 aliphatic heterocycles. The first-order valence-corrected chi connectivity index (χ1v) is 10.2. The number of hydrogen-bond acceptors (Lipinski definition) is 2. The lowest BCUT2D eigenvalue weighted by atomic mass is 9.95. The Labute approximate surface area is 174 Å². The number of amides is 1. The fraction of sp³-hybridized carbons (Fsp3) is 0.304. The molecule has 0 aliphatic rings. The van der Waals surface area contributed by atoms with Crippen LogP contribution in [-0.4, -0.2) is 15.3 Å². The zero-order chi connectivity index (χ0) is 20.5.